The summed E-state index contributed by atoms with van der Waals surface area (Å²) in [4.78, 5) is 4.63. The lowest BCUT2D eigenvalue weighted by atomic mass is 10.0. The smallest absolute Gasteiger partial charge is 0.0992 e. The molecule has 5 aromatic rings. The maximum Gasteiger partial charge on any atom is 0.0992 e. The molecule has 29 heavy (non-hydrogen) atoms. The van der Waals surface area contributed by atoms with Crippen molar-refractivity contribution in [1.29, 1.82) is 5.26 Å². The molecule has 2 heterocycles. The first-order valence-corrected chi connectivity index (χ1v) is 9.56. The molecule has 0 N–H and O–H groups in total. The number of aromatic nitrogens is 3. The van der Waals surface area contributed by atoms with Crippen molar-refractivity contribution in [2.24, 2.45) is 0 Å². The van der Waals surface area contributed by atoms with E-state index in [0.29, 0.717) is 10.6 Å². The van der Waals surface area contributed by atoms with Gasteiger partial charge in [-0.05, 0) is 60.5 Å². The maximum atomic E-state index is 9.28. The van der Waals surface area contributed by atoms with Crippen molar-refractivity contribution in [3.63, 3.8) is 0 Å². The Labute approximate surface area is 172 Å². The molecule has 0 aliphatic heterocycles. The van der Waals surface area contributed by atoms with Gasteiger partial charge in [-0.1, -0.05) is 35.9 Å². The standard InChI is InChI=1S/C24H15ClN4/c1-15-22-14-27-23-10-7-18(17-5-8-19(25)9-6-17)12-21(23)24(22)29(28-15)20-4-2-3-16(11-20)13-26/h2-12,14H,1H3. The Morgan fingerprint density at radius 3 is 2.52 bits per heavy atom. The molecule has 0 fully saturated rings. The first-order valence-electron chi connectivity index (χ1n) is 9.18. The van der Waals surface area contributed by atoms with Crippen LogP contribution in [0.25, 0.3) is 38.6 Å². The lowest BCUT2D eigenvalue weighted by Gasteiger charge is -2.08. The molecule has 4 nitrogen and oxygen atoms in total. The first kappa shape index (κ1) is 17.4. The van der Waals surface area contributed by atoms with Gasteiger partial charge in [0.15, 0.2) is 0 Å². The molecule has 0 spiro atoms. The number of hydrogen-bond donors (Lipinski definition) is 0. The number of nitrogens with zero attached hydrogens (tertiary/aromatic N) is 4. The van der Waals surface area contributed by atoms with Crippen molar-refractivity contribution in [3.8, 4) is 22.9 Å². The van der Waals surface area contributed by atoms with Crippen LogP contribution in [-0.4, -0.2) is 14.8 Å². The third-order valence-electron chi connectivity index (χ3n) is 5.09. The van der Waals surface area contributed by atoms with Gasteiger partial charge in [0.05, 0.1) is 34.0 Å². The predicted molar refractivity (Wildman–Crippen MR) is 116 cm³/mol. The van der Waals surface area contributed by atoms with E-state index >= 15 is 0 Å². The van der Waals surface area contributed by atoms with E-state index in [1.165, 1.54) is 0 Å². The Hall–Kier alpha value is -3.68. The largest absolute Gasteiger partial charge is 0.255 e. The van der Waals surface area contributed by atoms with Gasteiger partial charge < -0.3 is 0 Å². The molecule has 0 atom stereocenters. The maximum absolute atomic E-state index is 9.28. The van der Waals surface area contributed by atoms with Crippen molar-refractivity contribution in [1.82, 2.24) is 14.8 Å². The molecule has 0 saturated carbocycles. The summed E-state index contributed by atoms with van der Waals surface area (Å²) in [6.07, 6.45) is 1.87. The molecule has 0 amide bonds. The van der Waals surface area contributed by atoms with Gasteiger partial charge in [0.25, 0.3) is 0 Å². The van der Waals surface area contributed by atoms with Crippen LogP contribution in [0.5, 0.6) is 0 Å². The van der Waals surface area contributed by atoms with E-state index in [0.717, 1.165) is 44.3 Å². The van der Waals surface area contributed by atoms with Crippen LogP contribution in [0.1, 0.15) is 11.3 Å². The summed E-state index contributed by atoms with van der Waals surface area (Å²) >= 11 is 6.04. The van der Waals surface area contributed by atoms with Gasteiger partial charge in [0, 0.05) is 22.0 Å². The SMILES string of the molecule is Cc1nn(-c2cccc(C#N)c2)c2c1cnc1ccc(-c3ccc(Cl)cc3)cc12. The molecule has 0 saturated heterocycles. The summed E-state index contributed by atoms with van der Waals surface area (Å²) in [6, 6.07) is 23.7. The molecule has 5 rings (SSSR count). The number of halogens is 1. The molecule has 138 valence electrons. The number of benzene rings is 3. The second-order valence-corrected chi connectivity index (χ2v) is 7.36. The van der Waals surface area contributed by atoms with Gasteiger partial charge in [-0.25, -0.2) is 4.68 Å². The summed E-state index contributed by atoms with van der Waals surface area (Å²) in [5.74, 6) is 0. The third kappa shape index (κ3) is 2.93. The second-order valence-electron chi connectivity index (χ2n) is 6.92. The Kier molecular flexibility index (Phi) is 4.04. The van der Waals surface area contributed by atoms with Crippen molar-refractivity contribution >= 4 is 33.4 Å². The Morgan fingerprint density at radius 1 is 0.931 bits per heavy atom. The van der Waals surface area contributed by atoms with E-state index in [1.54, 1.807) is 6.07 Å². The van der Waals surface area contributed by atoms with Gasteiger partial charge in [-0.15, -0.1) is 0 Å². The highest BCUT2D eigenvalue weighted by atomic mass is 35.5. The zero-order valence-corrected chi connectivity index (χ0v) is 16.4. The molecule has 0 bridgehead atoms. The Morgan fingerprint density at radius 2 is 1.72 bits per heavy atom. The summed E-state index contributed by atoms with van der Waals surface area (Å²) in [6.45, 7) is 1.98. The predicted octanol–water partition coefficient (Wildman–Crippen LogP) is 6.07. The number of pyridine rings is 1. The first-order chi connectivity index (χ1) is 14.1. The minimum atomic E-state index is 0.601. The summed E-state index contributed by atoms with van der Waals surface area (Å²) in [5.41, 5.74) is 6.40. The van der Waals surface area contributed by atoms with Crippen molar-refractivity contribution in [3.05, 3.63) is 89.2 Å². The molecule has 0 radical (unpaired) electrons. The van der Waals surface area contributed by atoms with Crippen LogP contribution in [0.2, 0.25) is 5.02 Å². The highest BCUT2D eigenvalue weighted by Gasteiger charge is 2.14. The number of nitriles is 1. The highest BCUT2D eigenvalue weighted by molar-refractivity contribution is 6.30. The molecular weight excluding hydrogens is 380 g/mol. The van der Waals surface area contributed by atoms with E-state index in [-0.39, 0.29) is 0 Å². The second kappa shape index (κ2) is 6.73. The van der Waals surface area contributed by atoms with Crippen molar-refractivity contribution < 1.29 is 0 Å². The Balaban J connectivity index is 1.82. The minimum Gasteiger partial charge on any atom is -0.255 e. The van der Waals surface area contributed by atoms with Gasteiger partial charge in [-0.3, -0.25) is 4.98 Å². The third-order valence-corrected chi connectivity index (χ3v) is 5.34. The van der Waals surface area contributed by atoms with Gasteiger partial charge >= 0.3 is 0 Å². The van der Waals surface area contributed by atoms with E-state index in [9.17, 15) is 5.26 Å². The van der Waals surface area contributed by atoms with Crippen LogP contribution in [0, 0.1) is 18.3 Å². The molecule has 3 aromatic carbocycles. The van der Waals surface area contributed by atoms with Crippen LogP contribution in [-0.2, 0) is 0 Å². The highest BCUT2D eigenvalue weighted by Crippen LogP contribution is 2.32. The fourth-order valence-corrected chi connectivity index (χ4v) is 3.77. The van der Waals surface area contributed by atoms with Crippen LogP contribution in [0.15, 0.2) is 72.9 Å². The Bertz CT molecular complexity index is 1430. The lowest BCUT2D eigenvalue weighted by Crippen LogP contribution is -1.98. The average Bonchev–Trinajstić information content (AvgIpc) is 3.11. The quantitative estimate of drug-likeness (QED) is 0.365. The van der Waals surface area contributed by atoms with Gasteiger partial charge in [0.1, 0.15) is 0 Å². The topological polar surface area (TPSA) is 54.5 Å². The molecule has 0 unspecified atom stereocenters. The number of hydrogen-bond acceptors (Lipinski definition) is 3. The fraction of sp³-hybridized carbons (Fsp3) is 0.0417. The minimum absolute atomic E-state index is 0.601. The zero-order valence-electron chi connectivity index (χ0n) is 15.6. The number of fused-ring (bicyclic) bond motifs is 3. The van der Waals surface area contributed by atoms with Crippen LogP contribution in [0.4, 0.5) is 0 Å². The molecule has 5 heteroatoms. The van der Waals surface area contributed by atoms with Crippen molar-refractivity contribution in [2.75, 3.05) is 0 Å². The van der Waals surface area contributed by atoms with E-state index < -0.39 is 0 Å². The molecular formula is C24H15ClN4. The zero-order chi connectivity index (χ0) is 20.0. The normalized spacial score (nSPS) is 11.1. The van der Waals surface area contributed by atoms with E-state index in [4.69, 9.17) is 16.7 Å². The number of rotatable bonds is 2. The van der Waals surface area contributed by atoms with Crippen LogP contribution < -0.4 is 0 Å². The molecule has 2 aromatic heterocycles. The van der Waals surface area contributed by atoms with Gasteiger partial charge in [-0.2, -0.15) is 10.4 Å². The molecule has 0 aliphatic carbocycles. The van der Waals surface area contributed by atoms with Crippen molar-refractivity contribution in [2.45, 2.75) is 6.92 Å². The summed E-state index contributed by atoms with van der Waals surface area (Å²) < 4.78 is 1.90. The fourth-order valence-electron chi connectivity index (χ4n) is 3.64. The van der Waals surface area contributed by atoms with E-state index in [2.05, 4.69) is 23.2 Å². The monoisotopic (exact) mass is 394 g/mol. The van der Waals surface area contributed by atoms with E-state index in [1.807, 2.05) is 66.3 Å². The van der Waals surface area contributed by atoms with Gasteiger partial charge in [0.2, 0.25) is 0 Å². The molecule has 0 aliphatic rings. The summed E-state index contributed by atoms with van der Waals surface area (Å²) in [5, 5.41) is 16.7. The number of aryl methyl sites for hydroxylation is 1. The van der Waals surface area contributed by atoms with Crippen LogP contribution >= 0.6 is 11.6 Å². The van der Waals surface area contributed by atoms with Crippen LogP contribution in [0.3, 0.4) is 0 Å². The summed E-state index contributed by atoms with van der Waals surface area (Å²) in [7, 11) is 0. The average molecular weight is 395 g/mol. The lowest BCUT2D eigenvalue weighted by molar-refractivity contribution is 0.891.